The van der Waals surface area contributed by atoms with Gasteiger partial charge >= 0.3 is 6.03 Å². The SMILES string of the molecule is CNC[C@H]1CCCN1C(=O)C[C@H](NC(N)=O)c1cccc(C)c1. The van der Waals surface area contributed by atoms with Crippen LogP contribution < -0.4 is 16.4 Å². The lowest BCUT2D eigenvalue weighted by Crippen LogP contribution is -2.43. The summed E-state index contributed by atoms with van der Waals surface area (Å²) in [6.45, 7) is 3.56. The average Bonchev–Trinajstić information content (AvgIpc) is 2.95. The number of nitrogens with zero attached hydrogens (tertiary/aromatic N) is 1. The average molecular weight is 318 g/mol. The van der Waals surface area contributed by atoms with Crippen molar-refractivity contribution < 1.29 is 9.59 Å². The van der Waals surface area contributed by atoms with Crippen LogP contribution >= 0.6 is 0 Å². The number of nitrogens with one attached hydrogen (secondary N) is 2. The number of nitrogens with two attached hydrogens (primary N) is 1. The number of primary amides is 1. The van der Waals surface area contributed by atoms with E-state index in [0.29, 0.717) is 0 Å². The van der Waals surface area contributed by atoms with Gasteiger partial charge in [-0.25, -0.2) is 4.79 Å². The first-order valence-corrected chi connectivity index (χ1v) is 8.08. The number of aryl methyl sites for hydroxylation is 1. The van der Waals surface area contributed by atoms with Gasteiger partial charge < -0.3 is 21.3 Å². The molecule has 4 N–H and O–H groups in total. The molecule has 0 aromatic heterocycles. The molecule has 1 aromatic carbocycles. The Morgan fingerprint density at radius 2 is 2.22 bits per heavy atom. The Hall–Kier alpha value is -2.08. The van der Waals surface area contributed by atoms with Crippen LogP contribution in [0.1, 0.15) is 36.4 Å². The molecule has 1 heterocycles. The van der Waals surface area contributed by atoms with Crippen LogP contribution in [0.5, 0.6) is 0 Å². The summed E-state index contributed by atoms with van der Waals surface area (Å²) in [7, 11) is 1.89. The summed E-state index contributed by atoms with van der Waals surface area (Å²) in [6, 6.07) is 7.02. The highest BCUT2D eigenvalue weighted by Crippen LogP contribution is 2.23. The van der Waals surface area contributed by atoms with Crippen LogP contribution in [-0.2, 0) is 4.79 Å². The fraction of sp³-hybridized carbons (Fsp3) is 0.529. The van der Waals surface area contributed by atoms with Crippen molar-refractivity contribution in [2.45, 2.75) is 38.3 Å². The van der Waals surface area contributed by atoms with Gasteiger partial charge in [0.1, 0.15) is 0 Å². The molecule has 1 fully saturated rings. The zero-order valence-corrected chi connectivity index (χ0v) is 13.8. The molecule has 0 aliphatic carbocycles. The highest BCUT2D eigenvalue weighted by atomic mass is 16.2. The lowest BCUT2D eigenvalue weighted by Gasteiger charge is -2.27. The van der Waals surface area contributed by atoms with Gasteiger partial charge in [-0.2, -0.15) is 0 Å². The van der Waals surface area contributed by atoms with Gasteiger partial charge in [0.15, 0.2) is 0 Å². The molecule has 0 bridgehead atoms. The largest absolute Gasteiger partial charge is 0.352 e. The van der Waals surface area contributed by atoms with E-state index in [1.165, 1.54) is 0 Å². The molecule has 0 radical (unpaired) electrons. The summed E-state index contributed by atoms with van der Waals surface area (Å²) in [4.78, 5) is 25.9. The number of amides is 3. The lowest BCUT2D eigenvalue weighted by atomic mass is 10.0. The van der Waals surface area contributed by atoms with Gasteiger partial charge in [0, 0.05) is 19.1 Å². The predicted octanol–water partition coefficient (Wildman–Crippen LogP) is 1.30. The number of hydrogen-bond donors (Lipinski definition) is 3. The molecule has 1 aliphatic heterocycles. The van der Waals surface area contributed by atoms with Crippen molar-refractivity contribution in [3.05, 3.63) is 35.4 Å². The molecule has 1 aliphatic rings. The molecule has 0 unspecified atom stereocenters. The van der Waals surface area contributed by atoms with Gasteiger partial charge in [0.05, 0.1) is 12.5 Å². The summed E-state index contributed by atoms with van der Waals surface area (Å²) >= 11 is 0. The topological polar surface area (TPSA) is 87.5 Å². The monoisotopic (exact) mass is 318 g/mol. The number of likely N-dealkylation sites (N-methyl/N-ethyl adjacent to an activating group) is 1. The molecule has 126 valence electrons. The maximum atomic E-state index is 12.7. The van der Waals surface area contributed by atoms with Crippen LogP contribution in [0.3, 0.4) is 0 Å². The van der Waals surface area contributed by atoms with Gasteiger partial charge in [-0.3, -0.25) is 4.79 Å². The zero-order chi connectivity index (χ0) is 16.8. The van der Waals surface area contributed by atoms with Crippen LogP contribution in [0.25, 0.3) is 0 Å². The van der Waals surface area contributed by atoms with Crippen molar-refractivity contribution in [3.63, 3.8) is 0 Å². The second-order valence-corrected chi connectivity index (χ2v) is 6.12. The molecule has 1 aromatic rings. The second kappa shape index (κ2) is 7.97. The van der Waals surface area contributed by atoms with Crippen LogP contribution in [0.2, 0.25) is 0 Å². The second-order valence-electron chi connectivity index (χ2n) is 6.12. The Labute approximate surface area is 137 Å². The number of benzene rings is 1. The highest BCUT2D eigenvalue weighted by Gasteiger charge is 2.30. The van der Waals surface area contributed by atoms with Crippen molar-refractivity contribution >= 4 is 11.9 Å². The third-order valence-corrected chi connectivity index (χ3v) is 4.28. The van der Waals surface area contributed by atoms with Crippen LogP contribution in [0, 0.1) is 6.92 Å². The van der Waals surface area contributed by atoms with E-state index in [-0.39, 0.29) is 18.4 Å². The first kappa shape index (κ1) is 17.3. The first-order chi connectivity index (χ1) is 11.0. The lowest BCUT2D eigenvalue weighted by molar-refractivity contribution is -0.132. The molecular formula is C17H26N4O2. The van der Waals surface area contributed by atoms with E-state index in [0.717, 1.165) is 37.1 Å². The summed E-state index contributed by atoms with van der Waals surface area (Å²) in [5.41, 5.74) is 7.28. The van der Waals surface area contributed by atoms with Crippen molar-refractivity contribution in [2.75, 3.05) is 20.1 Å². The molecule has 2 rings (SSSR count). The van der Waals surface area contributed by atoms with Gasteiger partial charge in [0.2, 0.25) is 5.91 Å². The smallest absolute Gasteiger partial charge is 0.312 e. The maximum absolute atomic E-state index is 12.7. The van der Waals surface area contributed by atoms with Crippen LogP contribution in [0.4, 0.5) is 4.79 Å². The number of likely N-dealkylation sites (tertiary alicyclic amines) is 1. The summed E-state index contributed by atoms with van der Waals surface area (Å²) in [5.74, 6) is 0.0583. The van der Waals surface area contributed by atoms with Gasteiger partial charge in [-0.1, -0.05) is 29.8 Å². The van der Waals surface area contributed by atoms with Gasteiger partial charge in [-0.05, 0) is 32.4 Å². The van der Waals surface area contributed by atoms with E-state index in [4.69, 9.17) is 5.73 Å². The normalized spacial score (nSPS) is 18.7. The molecule has 6 heteroatoms. The molecule has 3 amide bonds. The molecular weight excluding hydrogens is 292 g/mol. The minimum atomic E-state index is -0.613. The predicted molar refractivity (Wildman–Crippen MR) is 89.9 cm³/mol. The van der Waals surface area contributed by atoms with E-state index in [1.807, 2.05) is 43.1 Å². The van der Waals surface area contributed by atoms with Crippen LogP contribution in [0.15, 0.2) is 24.3 Å². The molecule has 0 spiro atoms. The summed E-state index contributed by atoms with van der Waals surface area (Å²) < 4.78 is 0. The van der Waals surface area contributed by atoms with Crippen molar-refractivity contribution in [3.8, 4) is 0 Å². The number of urea groups is 1. The standard InChI is InChI=1S/C17H26N4O2/c1-12-5-3-6-13(9-12)15(20-17(18)23)10-16(22)21-8-4-7-14(21)11-19-2/h3,5-6,9,14-15,19H,4,7-8,10-11H2,1-2H3,(H3,18,20,23)/t14-,15+/m1/s1. The summed E-state index contributed by atoms with van der Waals surface area (Å²) in [5, 5.41) is 5.84. The minimum absolute atomic E-state index is 0.0583. The minimum Gasteiger partial charge on any atom is -0.352 e. The molecule has 2 atom stereocenters. The summed E-state index contributed by atoms with van der Waals surface area (Å²) in [6.07, 6.45) is 2.27. The molecule has 6 nitrogen and oxygen atoms in total. The molecule has 23 heavy (non-hydrogen) atoms. The number of rotatable bonds is 6. The van der Waals surface area contributed by atoms with E-state index in [1.54, 1.807) is 0 Å². The van der Waals surface area contributed by atoms with Crippen LogP contribution in [-0.4, -0.2) is 43.0 Å². The van der Waals surface area contributed by atoms with E-state index in [2.05, 4.69) is 10.6 Å². The van der Waals surface area contributed by atoms with E-state index >= 15 is 0 Å². The Balaban J connectivity index is 2.11. The van der Waals surface area contributed by atoms with Crippen molar-refractivity contribution in [2.24, 2.45) is 5.73 Å². The number of carbonyl (C=O) groups is 2. The highest BCUT2D eigenvalue weighted by molar-refractivity contribution is 5.79. The van der Waals surface area contributed by atoms with Gasteiger partial charge in [-0.15, -0.1) is 0 Å². The first-order valence-electron chi connectivity index (χ1n) is 8.08. The third-order valence-electron chi connectivity index (χ3n) is 4.28. The zero-order valence-electron chi connectivity index (χ0n) is 13.8. The molecule has 1 saturated heterocycles. The van der Waals surface area contributed by atoms with E-state index in [9.17, 15) is 9.59 Å². The van der Waals surface area contributed by atoms with Crippen molar-refractivity contribution in [1.82, 2.24) is 15.5 Å². The number of hydrogen-bond acceptors (Lipinski definition) is 3. The Morgan fingerprint density at radius 1 is 1.43 bits per heavy atom. The van der Waals surface area contributed by atoms with Gasteiger partial charge in [0.25, 0.3) is 0 Å². The van der Waals surface area contributed by atoms with Crippen molar-refractivity contribution in [1.29, 1.82) is 0 Å². The molecule has 0 saturated carbocycles. The third kappa shape index (κ3) is 4.69. The Morgan fingerprint density at radius 3 is 2.87 bits per heavy atom. The number of carbonyl (C=O) groups excluding carboxylic acids is 2. The fourth-order valence-electron chi connectivity index (χ4n) is 3.21. The fourth-order valence-corrected chi connectivity index (χ4v) is 3.21. The Kier molecular flexibility index (Phi) is 5.98. The quantitative estimate of drug-likeness (QED) is 0.739. The maximum Gasteiger partial charge on any atom is 0.312 e. The van der Waals surface area contributed by atoms with E-state index < -0.39 is 12.1 Å². The Bertz CT molecular complexity index is 561.